The average Bonchev–Trinajstić information content (AvgIpc) is 2.79. The van der Waals surface area contributed by atoms with E-state index in [1.54, 1.807) is 0 Å². The number of morpholine rings is 1. The van der Waals surface area contributed by atoms with E-state index in [9.17, 15) is 0 Å². The molecule has 0 radical (unpaired) electrons. The number of hydrogen-bond acceptors (Lipinski definition) is 3. The number of nitrogens with two attached hydrogens (primary N) is 1. The van der Waals surface area contributed by atoms with E-state index in [0.29, 0.717) is 12.1 Å². The van der Waals surface area contributed by atoms with E-state index in [4.69, 9.17) is 10.5 Å². The van der Waals surface area contributed by atoms with Crippen molar-refractivity contribution in [2.75, 3.05) is 19.6 Å². The molecule has 3 aliphatic rings. The molecule has 0 spiro atoms. The first-order valence-electron chi connectivity index (χ1n) is 7.60. The van der Waals surface area contributed by atoms with Crippen molar-refractivity contribution < 1.29 is 4.74 Å². The van der Waals surface area contributed by atoms with Crippen LogP contribution >= 0.6 is 0 Å². The van der Waals surface area contributed by atoms with Gasteiger partial charge in [-0.1, -0.05) is 0 Å². The van der Waals surface area contributed by atoms with Gasteiger partial charge < -0.3 is 10.5 Å². The van der Waals surface area contributed by atoms with Crippen molar-refractivity contribution >= 4 is 0 Å². The zero-order valence-corrected chi connectivity index (χ0v) is 12.1. The fourth-order valence-corrected chi connectivity index (χ4v) is 4.75. The molecule has 1 heterocycles. The Morgan fingerprint density at radius 1 is 1.28 bits per heavy atom. The van der Waals surface area contributed by atoms with Crippen molar-refractivity contribution in [3.8, 4) is 0 Å². The van der Waals surface area contributed by atoms with Crippen LogP contribution in [0, 0.1) is 17.8 Å². The number of fused-ring (bicyclic) bond motifs is 2. The first kappa shape index (κ1) is 12.9. The Bertz CT molecular complexity index is 316. The second kappa shape index (κ2) is 4.46. The summed E-state index contributed by atoms with van der Waals surface area (Å²) in [5.41, 5.74) is 6.43. The zero-order chi connectivity index (χ0) is 12.9. The molecule has 0 aromatic carbocycles. The Balaban J connectivity index is 1.62. The summed E-state index contributed by atoms with van der Waals surface area (Å²) in [6, 6.07) is 0.463. The smallest absolute Gasteiger partial charge is 0.0757 e. The summed E-state index contributed by atoms with van der Waals surface area (Å²) in [4.78, 5) is 2.60. The molecule has 1 saturated heterocycles. The van der Waals surface area contributed by atoms with Crippen LogP contribution in [-0.4, -0.2) is 42.3 Å². The van der Waals surface area contributed by atoms with Gasteiger partial charge in [0.1, 0.15) is 0 Å². The van der Waals surface area contributed by atoms with Crippen LogP contribution in [0.2, 0.25) is 0 Å². The second-order valence-electron chi connectivity index (χ2n) is 7.46. The van der Waals surface area contributed by atoms with Gasteiger partial charge >= 0.3 is 0 Å². The quantitative estimate of drug-likeness (QED) is 0.815. The van der Waals surface area contributed by atoms with Crippen LogP contribution in [0.5, 0.6) is 0 Å². The first-order chi connectivity index (χ1) is 8.44. The Kier molecular flexibility index (Phi) is 3.20. The van der Waals surface area contributed by atoms with Gasteiger partial charge in [0.05, 0.1) is 11.7 Å². The molecule has 2 saturated carbocycles. The molecule has 2 aliphatic carbocycles. The second-order valence-corrected chi connectivity index (χ2v) is 7.46. The van der Waals surface area contributed by atoms with Crippen LogP contribution in [0.4, 0.5) is 0 Å². The van der Waals surface area contributed by atoms with Gasteiger partial charge in [0.2, 0.25) is 0 Å². The highest BCUT2D eigenvalue weighted by molar-refractivity contribution is 5.00. The zero-order valence-electron chi connectivity index (χ0n) is 12.1. The SMILES string of the molecule is CC1CN(CC2C3CCC(C3)C2N)CC(C)(C)O1. The Morgan fingerprint density at radius 2 is 2.00 bits per heavy atom. The molecule has 0 aromatic heterocycles. The number of ether oxygens (including phenoxy) is 1. The van der Waals surface area contributed by atoms with Crippen molar-refractivity contribution in [3.63, 3.8) is 0 Å². The van der Waals surface area contributed by atoms with Crippen LogP contribution in [0.3, 0.4) is 0 Å². The topological polar surface area (TPSA) is 38.5 Å². The van der Waals surface area contributed by atoms with Crippen LogP contribution in [0.25, 0.3) is 0 Å². The molecule has 0 amide bonds. The minimum atomic E-state index is -0.000614. The lowest BCUT2D eigenvalue weighted by atomic mass is 9.84. The van der Waals surface area contributed by atoms with Gasteiger partial charge in [-0.2, -0.15) is 0 Å². The van der Waals surface area contributed by atoms with Gasteiger partial charge in [-0.15, -0.1) is 0 Å². The molecule has 5 atom stereocenters. The summed E-state index contributed by atoms with van der Waals surface area (Å²) in [6.07, 6.45) is 4.55. The van der Waals surface area contributed by atoms with Crippen LogP contribution in [0.15, 0.2) is 0 Å². The van der Waals surface area contributed by atoms with Gasteiger partial charge in [0.15, 0.2) is 0 Å². The van der Waals surface area contributed by atoms with Crippen LogP contribution in [0.1, 0.15) is 40.0 Å². The summed E-state index contributed by atoms with van der Waals surface area (Å²) in [5.74, 6) is 2.47. The molecule has 1 aliphatic heterocycles. The molecule has 2 bridgehead atoms. The van der Waals surface area contributed by atoms with Crippen molar-refractivity contribution in [1.82, 2.24) is 4.90 Å². The van der Waals surface area contributed by atoms with E-state index in [1.807, 2.05) is 0 Å². The van der Waals surface area contributed by atoms with Gasteiger partial charge in [-0.05, 0) is 57.8 Å². The molecule has 18 heavy (non-hydrogen) atoms. The number of hydrogen-bond donors (Lipinski definition) is 1. The minimum Gasteiger partial charge on any atom is -0.370 e. The van der Waals surface area contributed by atoms with E-state index in [-0.39, 0.29) is 5.60 Å². The number of rotatable bonds is 2. The Labute approximate surface area is 111 Å². The van der Waals surface area contributed by atoms with Gasteiger partial charge in [0.25, 0.3) is 0 Å². The summed E-state index contributed by atoms with van der Waals surface area (Å²) in [5, 5.41) is 0. The minimum absolute atomic E-state index is 0.000614. The monoisotopic (exact) mass is 252 g/mol. The van der Waals surface area contributed by atoms with E-state index in [1.165, 1.54) is 25.8 Å². The molecule has 3 heteroatoms. The fraction of sp³-hybridized carbons (Fsp3) is 1.00. The summed E-state index contributed by atoms with van der Waals surface area (Å²) >= 11 is 0. The van der Waals surface area contributed by atoms with E-state index in [2.05, 4.69) is 25.7 Å². The predicted molar refractivity (Wildman–Crippen MR) is 73.4 cm³/mol. The number of nitrogens with zero attached hydrogens (tertiary/aromatic N) is 1. The van der Waals surface area contributed by atoms with Crippen molar-refractivity contribution in [2.24, 2.45) is 23.5 Å². The molecular formula is C15H28N2O. The molecule has 3 rings (SSSR count). The highest BCUT2D eigenvalue weighted by atomic mass is 16.5. The highest BCUT2D eigenvalue weighted by Gasteiger charge is 2.46. The van der Waals surface area contributed by atoms with Crippen LogP contribution in [-0.2, 0) is 4.74 Å². The summed E-state index contributed by atoms with van der Waals surface area (Å²) < 4.78 is 5.98. The predicted octanol–water partition coefficient (Wildman–Crippen LogP) is 1.86. The van der Waals surface area contributed by atoms with E-state index < -0.39 is 0 Å². The molecule has 104 valence electrons. The molecule has 5 unspecified atom stereocenters. The van der Waals surface area contributed by atoms with E-state index in [0.717, 1.165) is 30.8 Å². The summed E-state index contributed by atoms with van der Waals surface area (Å²) in [7, 11) is 0. The normalized spacial score (nSPS) is 47.7. The first-order valence-corrected chi connectivity index (χ1v) is 7.60. The lowest BCUT2D eigenvalue weighted by molar-refractivity contribution is -0.132. The molecule has 3 nitrogen and oxygen atoms in total. The largest absolute Gasteiger partial charge is 0.370 e. The molecule has 3 fully saturated rings. The third-order valence-corrected chi connectivity index (χ3v) is 5.27. The maximum Gasteiger partial charge on any atom is 0.0757 e. The average molecular weight is 252 g/mol. The third-order valence-electron chi connectivity index (χ3n) is 5.27. The standard InChI is InChI=1S/C15H28N2O/c1-10-7-17(9-15(2,3)18-10)8-13-11-4-5-12(6-11)14(13)16/h10-14H,4-9,16H2,1-3H3. The third kappa shape index (κ3) is 2.33. The molecule has 0 aromatic rings. The highest BCUT2D eigenvalue weighted by Crippen LogP contribution is 2.48. The molecular weight excluding hydrogens is 224 g/mol. The van der Waals surface area contributed by atoms with Gasteiger partial charge in [-0.3, -0.25) is 4.90 Å². The van der Waals surface area contributed by atoms with Crippen molar-refractivity contribution in [2.45, 2.75) is 57.8 Å². The Morgan fingerprint density at radius 3 is 2.61 bits per heavy atom. The van der Waals surface area contributed by atoms with Crippen LogP contribution < -0.4 is 5.73 Å². The van der Waals surface area contributed by atoms with Gasteiger partial charge in [0, 0.05) is 25.7 Å². The van der Waals surface area contributed by atoms with Gasteiger partial charge in [-0.25, -0.2) is 0 Å². The van der Waals surface area contributed by atoms with Crippen molar-refractivity contribution in [3.05, 3.63) is 0 Å². The molecule has 2 N–H and O–H groups in total. The lowest BCUT2D eigenvalue weighted by Gasteiger charge is -2.44. The lowest BCUT2D eigenvalue weighted by Crippen LogP contribution is -2.54. The van der Waals surface area contributed by atoms with Crippen molar-refractivity contribution in [1.29, 1.82) is 0 Å². The van der Waals surface area contributed by atoms with E-state index >= 15 is 0 Å². The maximum absolute atomic E-state index is 6.43. The Hall–Kier alpha value is -0.120. The maximum atomic E-state index is 6.43. The fourth-order valence-electron chi connectivity index (χ4n) is 4.75. The summed E-state index contributed by atoms with van der Waals surface area (Å²) in [6.45, 7) is 9.92.